The molecule has 1 aromatic heterocycles. The Kier molecular flexibility index (Phi) is 2.38. The van der Waals surface area contributed by atoms with Crippen molar-refractivity contribution in [2.24, 2.45) is 0 Å². The molecule has 0 bridgehead atoms. The molecule has 0 amide bonds. The lowest BCUT2D eigenvalue weighted by Crippen LogP contribution is -2.01. The number of aromatic nitrogens is 2. The highest BCUT2D eigenvalue weighted by molar-refractivity contribution is 6.32. The number of hydrogen-bond acceptors (Lipinski definition) is 2. The summed E-state index contributed by atoms with van der Waals surface area (Å²) in [4.78, 5) is 0. The predicted molar refractivity (Wildman–Crippen MR) is 65.3 cm³/mol. The van der Waals surface area contributed by atoms with E-state index >= 15 is 0 Å². The third-order valence-corrected chi connectivity index (χ3v) is 3.44. The summed E-state index contributed by atoms with van der Waals surface area (Å²) in [5, 5.41) is 14.1. The molecule has 84 valence electrons. The number of para-hydroxylation sites is 1. The summed E-state index contributed by atoms with van der Waals surface area (Å²) < 4.78 is 1.82. The third-order valence-electron chi connectivity index (χ3n) is 3.12. The minimum atomic E-state index is 0.539. The number of fused-ring (bicyclic) bond motifs is 1. The third kappa shape index (κ3) is 1.53. The van der Waals surface area contributed by atoms with Crippen LogP contribution in [0.4, 0.5) is 0 Å². The molecule has 0 aliphatic heterocycles. The van der Waals surface area contributed by atoms with Gasteiger partial charge in [-0.05, 0) is 31.4 Å². The predicted octanol–water partition coefficient (Wildman–Crippen LogP) is 2.89. The van der Waals surface area contributed by atoms with Crippen molar-refractivity contribution in [3.8, 4) is 11.8 Å². The van der Waals surface area contributed by atoms with Gasteiger partial charge in [0.05, 0.1) is 10.7 Å². The quantitative estimate of drug-likeness (QED) is 0.773. The Hall–Kier alpha value is -1.79. The van der Waals surface area contributed by atoms with Crippen LogP contribution in [0.15, 0.2) is 24.3 Å². The van der Waals surface area contributed by atoms with Crippen LogP contribution in [0, 0.1) is 11.3 Å². The van der Waals surface area contributed by atoms with Crippen molar-refractivity contribution in [1.82, 2.24) is 9.78 Å². The fourth-order valence-corrected chi connectivity index (χ4v) is 2.57. The first-order chi connectivity index (χ1) is 8.31. The summed E-state index contributed by atoms with van der Waals surface area (Å²) in [5.74, 6) is 0. The summed E-state index contributed by atoms with van der Waals surface area (Å²) >= 11 is 6.17. The van der Waals surface area contributed by atoms with Gasteiger partial charge < -0.3 is 0 Å². The lowest BCUT2D eigenvalue weighted by atomic mass is 10.2. The Bertz CT molecular complexity index is 622. The second-order valence-electron chi connectivity index (χ2n) is 4.10. The van der Waals surface area contributed by atoms with E-state index in [0.717, 1.165) is 36.2 Å². The smallest absolute Gasteiger partial charge is 0.166 e. The van der Waals surface area contributed by atoms with Gasteiger partial charge in [0.15, 0.2) is 5.69 Å². The molecule has 3 nitrogen and oxygen atoms in total. The van der Waals surface area contributed by atoms with Crippen molar-refractivity contribution in [1.29, 1.82) is 5.26 Å². The topological polar surface area (TPSA) is 41.6 Å². The number of nitrogens with zero attached hydrogens (tertiary/aromatic N) is 3. The van der Waals surface area contributed by atoms with E-state index < -0.39 is 0 Å². The molecule has 17 heavy (non-hydrogen) atoms. The van der Waals surface area contributed by atoms with Gasteiger partial charge in [-0.1, -0.05) is 23.7 Å². The highest BCUT2D eigenvalue weighted by Gasteiger charge is 2.23. The summed E-state index contributed by atoms with van der Waals surface area (Å²) in [6, 6.07) is 9.74. The van der Waals surface area contributed by atoms with Crippen molar-refractivity contribution < 1.29 is 0 Å². The number of benzene rings is 1. The summed E-state index contributed by atoms with van der Waals surface area (Å²) in [6.45, 7) is 0. The lowest BCUT2D eigenvalue weighted by Gasteiger charge is -2.06. The molecule has 1 aliphatic carbocycles. The maximum Gasteiger partial charge on any atom is 0.166 e. The number of rotatable bonds is 1. The van der Waals surface area contributed by atoms with Gasteiger partial charge in [-0.25, -0.2) is 4.68 Å². The van der Waals surface area contributed by atoms with E-state index in [0.29, 0.717) is 10.7 Å². The average molecular weight is 244 g/mol. The van der Waals surface area contributed by atoms with Crippen LogP contribution in [0.3, 0.4) is 0 Å². The Morgan fingerprint density at radius 3 is 2.88 bits per heavy atom. The van der Waals surface area contributed by atoms with Gasteiger partial charge in [-0.3, -0.25) is 0 Å². The lowest BCUT2D eigenvalue weighted by molar-refractivity contribution is 0.780. The van der Waals surface area contributed by atoms with Crippen LogP contribution in [0.5, 0.6) is 0 Å². The minimum Gasteiger partial charge on any atom is -0.235 e. The highest BCUT2D eigenvalue weighted by Crippen LogP contribution is 2.29. The van der Waals surface area contributed by atoms with E-state index in [9.17, 15) is 0 Å². The zero-order chi connectivity index (χ0) is 11.8. The average Bonchev–Trinajstić information content (AvgIpc) is 2.91. The van der Waals surface area contributed by atoms with Gasteiger partial charge in [0.1, 0.15) is 6.07 Å². The minimum absolute atomic E-state index is 0.539. The highest BCUT2D eigenvalue weighted by atomic mass is 35.5. The van der Waals surface area contributed by atoms with Gasteiger partial charge in [-0.2, -0.15) is 10.4 Å². The normalized spacial score (nSPS) is 13.4. The first kappa shape index (κ1) is 10.4. The van der Waals surface area contributed by atoms with Gasteiger partial charge in [0.2, 0.25) is 0 Å². The number of nitriles is 1. The van der Waals surface area contributed by atoms with E-state index in [2.05, 4.69) is 11.2 Å². The van der Waals surface area contributed by atoms with E-state index in [4.69, 9.17) is 16.9 Å². The molecule has 0 fully saturated rings. The molecule has 2 aromatic rings. The van der Waals surface area contributed by atoms with Crippen LogP contribution in [-0.4, -0.2) is 9.78 Å². The van der Waals surface area contributed by atoms with Gasteiger partial charge in [-0.15, -0.1) is 0 Å². The monoisotopic (exact) mass is 243 g/mol. The molecule has 0 N–H and O–H groups in total. The van der Waals surface area contributed by atoms with Crippen LogP contribution < -0.4 is 0 Å². The first-order valence-corrected chi connectivity index (χ1v) is 5.95. The number of hydrogen-bond donors (Lipinski definition) is 0. The largest absolute Gasteiger partial charge is 0.235 e. The zero-order valence-corrected chi connectivity index (χ0v) is 9.91. The summed E-state index contributed by atoms with van der Waals surface area (Å²) in [7, 11) is 0. The summed E-state index contributed by atoms with van der Waals surface area (Å²) in [5.41, 5.74) is 3.62. The van der Waals surface area contributed by atoms with Crippen molar-refractivity contribution in [3.63, 3.8) is 0 Å². The van der Waals surface area contributed by atoms with Gasteiger partial charge >= 0.3 is 0 Å². The molecule has 0 saturated carbocycles. The Labute approximate surface area is 104 Å². The maximum atomic E-state index is 9.07. The molecule has 3 rings (SSSR count). The molecular formula is C13H10ClN3. The standard InChI is InChI=1S/C13H10ClN3/c14-10-5-1-2-6-13(10)17-12-7-3-4-9(12)11(8-15)16-17/h1-2,5-6H,3-4,7H2. The molecule has 0 saturated heterocycles. The van der Waals surface area contributed by atoms with E-state index in [-0.39, 0.29) is 0 Å². The molecule has 0 radical (unpaired) electrons. The molecule has 0 atom stereocenters. The van der Waals surface area contributed by atoms with Crippen LogP contribution in [0.1, 0.15) is 23.4 Å². The van der Waals surface area contributed by atoms with E-state index in [1.54, 1.807) is 0 Å². The fraction of sp³-hybridized carbons (Fsp3) is 0.231. The second-order valence-corrected chi connectivity index (χ2v) is 4.51. The Balaban J connectivity index is 2.24. The molecule has 4 heteroatoms. The van der Waals surface area contributed by atoms with Gasteiger partial charge in [0, 0.05) is 11.3 Å². The zero-order valence-electron chi connectivity index (χ0n) is 9.15. The van der Waals surface area contributed by atoms with Crippen molar-refractivity contribution in [3.05, 3.63) is 46.2 Å². The Morgan fingerprint density at radius 2 is 2.12 bits per heavy atom. The fourth-order valence-electron chi connectivity index (χ4n) is 2.35. The van der Waals surface area contributed by atoms with Gasteiger partial charge in [0.25, 0.3) is 0 Å². The molecular weight excluding hydrogens is 234 g/mol. The second kappa shape index (κ2) is 3.90. The SMILES string of the molecule is N#Cc1nn(-c2ccccc2Cl)c2c1CCC2. The molecule has 0 spiro atoms. The van der Waals surface area contributed by atoms with Crippen molar-refractivity contribution >= 4 is 11.6 Å². The molecule has 0 unspecified atom stereocenters. The maximum absolute atomic E-state index is 9.07. The van der Waals surface area contributed by atoms with Crippen molar-refractivity contribution in [2.45, 2.75) is 19.3 Å². The van der Waals surface area contributed by atoms with E-state index in [1.165, 1.54) is 0 Å². The van der Waals surface area contributed by atoms with Crippen LogP contribution in [-0.2, 0) is 12.8 Å². The molecule has 1 aliphatic rings. The number of halogens is 1. The first-order valence-electron chi connectivity index (χ1n) is 5.57. The Morgan fingerprint density at radius 1 is 1.29 bits per heavy atom. The van der Waals surface area contributed by atoms with Crippen LogP contribution >= 0.6 is 11.6 Å². The van der Waals surface area contributed by atoms with E-state index in [1.807, 2.05) is 28.9 Å². The molecule has 1 heterocycles. The van der Waals surface area contributed by atoms with Crippen LogP contribution in [0.25, 0.3) is 5.69 Å². The molecule has 1 aromatic carbocycles. The van der Waals surface area contributed by atoms with Crippen molar-refractivity contribution in [2.75, 3.05) is 0 Å². The summed E-state index contributed by atoms with van der Waals surface area (Å²) in [6.07, 6.45) is 3.00. The van der Waals surface area contributed by atoms with Crippen LogP contribution in [0.2, 0.25) is 5.02 Å².